The van der Waals surface area contributed by atoms with Gasteiger partial charge in [-0.2, -0.15) is 0 Å². The molecule has 0 bridgehead atoms. The monoisotopic (exact) mass is 409 g/mol. The van der Waals surface area contributed by atoms with E-state index < -0.39 is 0 Å². The average molecular weight is 410 g/mol. The topological polar surface area (TPSA) is 62.3 Å². The van der Waals surface area contributed by atoms with Gasteiger partial charge in [-0.3, -0.25) is 14.5 Å². The van der Waals surface area contributed by atoms with Crippen LogP contribution in [0.25, 0.3) is 6.08 Å². The number of allylic oxidation sites excluding steroid dienone is 2. The zero-order valence-electron chi connectivity index (χ0n) is 15.1. The summed E-state index contributed by atoms with van der Waals surface area (Å²) in [6, 6.07) is 15.2. The van der Waals surface area contributed by atoms with Crippen molar-refractivity contribution in [3.8, 4) is 0 Å². The zero-order valence-corrected chi connectivity index (χ0v) is 16.7. The summed E-state index contributed by atoms with van der Waals surface area (Å²) in [6.07, 6.45) is 8.00. The second-order valence-corrected chi connectivity index (χ2v) is 7.67. The van der Waals surface area contributed by atoms with Gasteiger partial charge in [-0.05, 0) is 30.2 Å². The SMILES string of the molecule is O=C(CCCN1C(=O)/C(=C\C=C/c2ccccc2)SC1=S)Nc1ccccn1. The van der Waals surface area contributed by atoms with Crippen LogP contribution in [0.3, 0.4) is 0 Å². The largest absolute Gasteiger partial charge is 0.311 e. The first kappa shape index (κ1) is 20.0. The van der Waals surface area contributed by atoms with Crippen LogP contribution in [0.1, 0.15) is 18.4 Å². The van der Waals surface area contributed by atoms with Crippen LogP contribution < -0.4 is 5.32 Å². The molecular weight excluding hydrogens is 390 g/mol. The van der Waals surface area contributed by atoms with Crippen molar-refractivity contribution in [2.45, 2.75) is 12.8 Å². The molecule has 0 radical (unpaired) electrons. The highest BCUT2D eigenvalue weighted by molar-refractivity contribution is 8.26. The lowest BCUT2D eigenvalue weighted by Gasteiger charge is -2.13. The third kappa shape index (κ3) is 5.61. The van der Waals surface area contributed by atoms with E-state index in [0.29, 0.717) is 34.4 Å². The number of nitrogens with one attached hydrogen (secondary N) is 1. The van der Waals surface area contributed by atoms with Crippen LogP contribution in [-0.2, 0) is 9.59 Å². The summed E-state index contributed by atoms with van der Waals surface area (Å²) in [5, 5.41) is 2.73. The van der Waals surface area contributed by atoms with Gasteiger partial charge >= 0.3 is 0 Å². The predicted molar refractivity (Wildman–Crippen MR) is 118 cm³/mol. The van der Waals surface area contributed by atoms with Gasteiger partial charge in [-0.1, -0.05) is 72.5 Å². The molecule has 2 aromatic rings. The number of hydrogen-bond donors (Lipinski definition) is 1. The van der Waals surface area contributed by atoms with Crippen LogP contribution >= 0.6 is 24.0 Å². The van der Waals surface area contributed by atoms with E-state index in [0.717, 1.165) is 5.56 Å². The molecule has 5 nitrogen and oxygen atoms in total. The summed E-state index contributed by atoms with van der Waals surface area (Å²) < 4.78 is 0.523. The lowest BCUT2D eigenvalue weighted by atomic mass is 10.2. The van der Waals surface area contributed by atoms with Crippen molar-refractivity contribution in [1.82, 2.24) is 9.88 Å². The predicted octanol–water partition coefficient (Wildman–Crippen LogP) is 4.26. The van der Waals surface area contributed by atoms with Crippen molar-refractivity contribution in [1.29, 1.82) is 0 Å². The molecule has 0 unspecified atom stereocenters. The maximum Gasteiger partial charge on any atom is 0.266 e. The molecular formula is C21H19N3O2S2. The third-order valence-electron chi connectivity index (χ3n) is 3.93. The number of pyridine rings is 1. The van der Waals surface area contributed by atoms with Crippen molar-refractivity contribution in [3.05, 3.63) is 77.3 Å². The Morgan fingerprint density at radius 2 is 1.96 bits per heavy atom. The van der Waals surface area contributed by atoms with Crippen LogP contribution in [-0.4, -0.2) is 32.6 Å². The molecule has 1 saturated heterocycles. The Bertz CT molecular complexity index is 912. The van der Waals surface area contributed by atoms with Crippen LogP contribution in [0.2, 0.25) is 0 Å². The minimum Gasteiger partial charge on any atom is -0.311 e. The fourth-order valence-corrected chi connectivity index (χ4v) is 3.82. The fourth-order valence-electron chi connectivity index (χ4n) is 2.56. The number of hydrogen-bond acceptors (Lipinski definition) is 5. The molecule has 2 amide bonds. The van der Waals surface area contributed by atoms with Gasteiger partial charge in [0.05, 0.1) is 4.91 Å². The number of carbonyl (C=O) groups excluding carboxylic acids is 2. The molecule has 28 heavy (non-hydrogen) atoms. The van der Waals surface area contributed by atoms with E-state index in [1.165, 1.54) is 11.8 Å². The molecule has 1 aliphatic heterocycles. The molecule has 0 saturated carbocycles. The summed E-state index contributed by atoms with van der Waals surface area (Å²) >= 11 is 6.60. The van der Waals surface area contributed by atoms with Crippen LogP contribution in [0.4, 0.5) is 5.82 Å². The fraction of sp³-hybridized carbons (Fsp3) is 0.143. The number of benzene rings is 1. The lowest BCUT2D eigenvalue weighted by molar-refractivity contribution is -0.122. The second kappa shape index (κ2) is 9.96. The smallest absolute Gasteiger partial charge is 0.266 e. The Kier molecular flexibility index (Phi) is 7.11. The first-order valence-corrected chi connectivity index (χ1v) is 10.0. The number of nitrogens with zero attached hydrogens (tertiary/aromatic N) is 2. The summed E-state index contributed by atoms with van der Waals surface area (Å²) in [4.78, 5) is 30.7. The van der Waals surface area contributed by atoms with E-state index >= 15 is 0 Å². The van der Waals surface area contributed by atoms with Crippen molar-refractivity contribution in [2.24, 2.45) is 0 Å². The summed E-state index contributed by atoms with van der Waals surface area (Å²) in [6.45, 7) is 0.417. The molecule has 0 atom stereocenters. The molecule has 1 aromatic carbocycles. The molecule has 142 valence electrons. The Morgan fingerprint density at radius 3 is 2.71 bits per heavy atom. The standard InChI is InChI=1S/C21H19N3O2S2/c25-19(23-18-12-4-5-14-22-18)13-7-15-24-20(26)17(28-21(24)27)11-6-10-16-8-2-1-3-9-16/h1-6,8-12,14H,7,13,15H2,(H,22,23,25)/b10-6-,17-11+. The third-order valence-corrected chi connectivity index (χ3v) is 5.32. The maximum atomic E-state index is 12.5. The number of rotatable bonds is 7. The zero-order chi connectivity index (χ0) is 19.8. The van der Waals surface area contributed by atoms with E-state index in [9.17, 15) is 9.59 Å². The Hall–Kier alpha value is -2.77. The highest BCUT2D eigenvalue weighted by Gasteiger charge is 2.31. The maximum absolute atomic E-state index is 12.5. The van der Waals surface area contributed by atoms with Gasteiger partial charge < -0.3 is 5.32 Å². The van der Waals surface area contributed by atoms with Crippen molar-refractivity contribution in [3.63, 3.8) is 0 Å². The Morgan fingerprint density at radius 1 is 1.18 bits per heavy atom. The first-order valence-electron chi connectivity index (χ1n) is 8.81. The van der Waals surface area contributed by atoms with Crippen molar-refractivity contribution < 1.29 is 9.59 Å². The van der Waals surface area contributed by atoms with Gasteiger partial charge in [0.1, 0.15) is 10.1 Å². The second-order valence-electron chi connectivity index (χ2n) is 5.99. The van der Waals surface area contributed by atoms with E-state index in [-0.39, 0.29) is 11.8 Å². The number of aromatic nitrogens is 1. The van der Waals surface area contributed by atoms with Crippen LogP contribution in [0.5, 0.6) is 0 Å². The van der Waals surface area contributed by atoms with Gasteiger partial charge in [0.25, 0.3) is 5.91 Å². The van der Waals surface area contributed by atoms with E-state index in [1.54, 1.807) is 35.4 Å². The Labute approximate surface area is 173 Å². The van der Waals surface area contributed by atoms with Gasteiger partial charge in [0.15, 0.2) is 0 Å². The van der Waals surface area contributed by atoms with Crippen molar-refractivity contribution >= 4 is 52.0 Å². The molecule has 1 aromatic heterocycles. The Balaban J connectivity index is 1.49. The van der Waals surface area contributed by atoms with Gasteiger partial charge in [-0.25, -0.2) is 4.98 Å². The normalized spacial score (nSPS) is 15.6. The highest BCUT2D eigenvalue weighted by atomic mass is 32.2. The molecule has 1 aliphatic rings. The molecule has 2 heterocycles. The summed E-state index contributed by atoms with van der Waals surface area (Å²) in [5.74, 6) is 0.273. The molecule has 3 rings (SSSR count). The van der Waals surface area contributed by atoms with Crippen LogP contribution in [0.15, 0.2) is 71.8 Å². The molecule has 1 fully saturated rings. The lowest BCUT2D eigenvalue weighted by Crippen LogP contribution is -2.29. The molecule has 1 N–H and O–H groups in total. The average Bonchev–Trinajstić information content (AvgIpc) is 2.97. The number of thioether (sulfide) groups is 1. The van der Waals surface area contributed by atoms with E-state index in [4.69, 9.17) is 12.2 Å². The minimum atomic E-state index is -0.134. The highest BCUT2D eigenvalue weighted by Crippen LogP contribution is 2.31. The van der Waals surface area contributed by atoms with Gasteiger partial charge in [0.2, 0.25) is 5.91 Å². The molecule has 0 spiro atoms. The van der Waals surface area contributed by atoms with E-state index in [2.05, 4.69) is 10.3 Å². The quantitative estimate of drug-likeness (QED) is 0.547. The number of carbonyl (C=O) groups is 2. The first-order chi connectivity index (χ1) is 13.6. The van der Waals surface area contributed by atoms with Gasteiger partial charge in [-0.15, -0.1) is 0 Å². The van der Waals surface area contributed by atoms with Gasteiger partial charge in [0, 0.05) is 19.2 Å². The molecule has 7 heteroatoms. The minimum absolute atomic E-state index is 0.113. The summed E-state index contributed by atoms with van der Waals surface area (Å²) in [5.41, 5.74) is 1.06. The molecule has 0 aliphatic carbocycles. The summed E-state index contributed by atoms with van der Waals surface area (Å²) in [7, 11) is 0. The van der Waals surface area contributed by atoms with E-state index in [1.807, 2.05) is 42.5 Å². The number of anilines is 1. The number of thiocarbonyl (C=S) groups is 1. The van der Waals surface area contributed by atoms with Crippen LogP contribution in [0, 0.1) is 0 Å². The number of amides is 2. The van der Waals surface area contributed by atoms with Crippen molar-refractivity contribution in [2.75, 3.05) is 11.9 Å².